The van der Waals surface area contributed by atoms with E-state index in [2.05, 4.69) is 9.97 Å². The molecule has 2 heterocycles. The summed E-state index contributed by atoms with van der Waals surface area (Å²) in [5.41, 5.74) is 5.58. The van der Waals surface area contributed by atoms with Crippen LogP contribution in [0.25, 0.3) is 0 Å². The second-order valence-electron chi connectivity index (χ2n) is 3.37. The monoisotopic (exact) mass is 265 g/mol. The number of aromatic nitrogens is 2. The van der Waals surface area contributed by atoms with E-state index in [1.165, 1.54) is 30.7 Å². The first-order chi connectivity index (χ1) is 8.56. The maximum absolute atomic E-state index is 11.0. The fourth-order valence-electron chi connectivity index (χ4n) is 1.26. The summed E-state index contributed by atoms with van der Waals surface area (Å²) < 4.78 is 5.31. The molecule has 0 saturated heterocycles. The van der Waals surface area contributed by atoms with Gasteiger partial charge in [-0.3, -0.25) is 4.98 Å². The Morgan fingerprint density at radius 3 is 2.78 bits per heavy atom. The van der Waals surface area contributed by atoms with Gasteiger partial charge in [0, 0.05) is 12.3 Å². The highest BCUT2D eigenvalue weighted by molar-refractivity contribution is 6.30. The van der Waals surface area contributed by atoms with Gasteiger partial charge in [0.1, 0.15) is 11.3 Å². The molecular formula is C11H8ClN3O3. The average molecular weight is 266 g/mol. The first-order valence-corrected chi connectivity index (χ1v) is 5.21. The van der Waals surface area contributed by atoms with E-state index in [0.29, 0.717) is 10.8 Å². The summed E-state index contributed by atoms with van der Waals surface area (Å²) in [7, 11) is 0. The van der Waals surface area contributed by atoms with Crippen molar-refractivity contribution in [1.29, 1.82) is 0 Å². The Kier molecular flexibility index (Phi) is 3.29. The van der Waals surface area contributed by atoms with E-state index >= 15 is 0 Å². The number of halogens is 1. The minimum Gasteiger partial charge on any atom is -0.477 e. The third kappa shape index (κ3) is 2.67. The lowest BCUT2D eigenvalue weighted by Crippen LogP contribution is -2.03. The van der Waals surface area contributed by atoms with Crippen molar-refractivity contribution in [3.63, 3.8) is 0 Å². The van der Waals surface area contributed by atoms with E-state index in [9.17, 15) is 4.79 Å². The molecule has 0 aliphatic carbocycles. The molecule has 0 fully saturated rings. The highest BCUT2D eigenvalue weighted by Crippen LogP contribution is 2.25. The lowest BCUT2D eigenvalue weighted by Gasteiger charge is -2.07. The molecule has 0 amide bonds. The number of ether oxygens (including phenoxy) is 1. The number of nitrogen functional groups attached to an aromatic ring is 1. The number of carboxylic acid groups (broad SMARTS) is 1. The van der Waals surface area contributed by atoms with Gasteiger partial charge in [-0.1, -0.05) is 11.6 Å². The highest BCUT2D eigenvalue weighted by atomic mass is 35.5. The maximum Gasteiger partial charge on any atom is 0.341 e. The van der Waals surface area contributed by atoms with Crippen molar-refractivity contribution in [2.75, 3.05) is 5.73 Å². The van der Waals surface area contributed by atoms with Crippen LogP contribution in [0.2, 0.25) is 5.02 Å². The van der Waals surface area contributed by atoms with E-state index in [4.69, 9.17) is 27.2 Å². The zero-order chi connectivity index (χ0) is 13.1. The van der Waals surface area contributed by atoms with Crippen LogP contribution in [0, 0.1) is 0 Å². The van der Waals surface area contributed by atoms with Crippen molar-refractivity contribution in [2.24, 2.45) is 0 Å². The Labute approximate surface area is 107 Å². The van der Waals surface area contributed by atoms with Gasteiger partial charge in [0.05, 0.1) is 23.1 Å². The number of nitrogens with zero attached hydrogens (tertiary/aromatic N) is 2. The van der Waals surface area contributed by atoms with E-state index in [-0.39, 0.29) is 17.1 Å². The van der Waals surface area contributed by atoms with Crippen LogP contribution in [-0.4, -0.2) is 21.0 Å². The van der Waals surface area contributed by atoms with Crippen molar-refractivity contribution in [1.82, 2.24) is 9.97 Å². The summed E-state index contributed by atoms with van der Waals surface area (Å²) in [6.07, 6.45) is 4.14. The van der Waals surface area contributed by atoms with E-state index in [0.717, 1.165) is 0 Å². The predicted octanol–water partition coefficient (Wildman–Crippen LogP) is 2.20. The van der Waals surface area contributed by atoms with Crippen LogP contribution in [-0.2, 0) is 0 Å². The van der Waals surface area contributed by atoms with Crippen LogP contribution in [0.15, 0.2) is 30.7 Å². The number of anilines is 1. The molecule has 0 radical (unpaired) electrons. The quantitative estimate of drug-likeness (QED) is 0.883. The lowest BCUT2D eigenvalue weighted by molar-refractivity contribution is 0.0693. The summed E-state index contributed by atoms with van der Waals surface area (Å²) in [5, 5.41) is 9.38. The number of carbonyl (C=O) groups is 1. The molecule has 0 bridgehead atoms. The second-order valence-corrected chi connectivity index (χ2v) is 3.80. The number of nitrogens with two attached hydrogens (primary N) is 1. The van der Waals surface area contributed by atoms with E-state index < -0.39 is 5.97 Å². The van der Waals surface area contributed by atoms with Crippen LogP contribution in [0.5, 0.6) is 11.6 Å². The molecule has 18 heavy (non-hydrogen) atoms. The molecule has 0 aliphatic rings. The van der Waals surface area contributed by atoms with Crippen molar-refractivity contribution in [2.45, 2.75) is 0 Å². The fourth-order valence-corrected chi connectivity index (χ4v) is 1.43. The van der Waals surface area contributed by atoms with E-state index in [1.807, 2.05) is 0 Å². The predicted molar refractivity (Wildman–Crippen MR) is 64.9 cm³/mol. The number of aromatic carboxylic acids is 1. The van der Waals surface area contributed by atoms with Gasteiger partial charge in [0.2, 0.25) is 5.88 Å². The van der Waals surface area contributed by atoms with Gasteiger partial charge in [-0.15, -0.1) is 0 Å². The molecule has 2 aromatic heterocycles. The lowest BCUT2D eigenvalue weighted by atomic mass is 10.2. The molecule has 92 valence electrons. The zero-order valence-corrected chi connectivity index (χ0v) is 9.76. The van der Waals surface area contributed by atoms with Gasteiger partial charge >= 0.3 is 5.97 Å². The Balaban J connectivity index is 2.37. The van der Waals surface area contributed by atoms with E-state index in [1.54, 1.807) is 0 Å². The molecule has 6 nitrogen and oxygen atoms in total. The average Bonchev–Trinajstić information content (AvgIpc) is 2.31. The number of hydrogen-bond acceptors (Lipinski definition) is 5. The zero-order valence-electron chi connectivity index (χ0n) is 9.00. The summed E-state index contributed by atoms with van der Waals surface area (Å²) in [6.45, 7) is 0. The molecule has 7 heteroatoms. The van der Waals surface area contributed by atoms with Gasteiger partial charge in [-0.2, -0.15) is 0 Å². The normalized spacial score (nSPS) is 10.1. The minimum atomic E-state index is -1.18. The van der Waals surface area contributed by atoms with Crippen molar-refractivity contribution < 1.29 is 14.6 Å². The standard InChI is InChI=1S/C11H8ClN3O3/c12-6-1-8(5-14-3-6)18-10-9(11(16)17)2-7(13)4-15-10/h1-5H,13H2,(H,16,17). The minimum absolute atomic E-state index is 0.0687. The summed E-state index contributed by atoms with van der Waals surface area (Å²) >= 11 is 5.74. The highest BCUT2D eigenvalue weighted by Gasteiger charge is 2.14. The number of pyridine rings is 2. The largest absolute Gasteiger partial charge is 0.477 e. The molecule has 3 N–H and O–H groups in total. The molecule has 0 spiro atoms. The maximum atomic E-state index is 11.0. The molecule has 2 aromatic rings. The van der Waals surface area contributed by atoms with Crippen LogP contribution in [0.4, 0.5) is 5.69 Å². The van der Waals surface area contributed by atoms with Gasteiger partial charge in [0.15, 0.2) is 0 Å². The van der Waals surface area contributed by atoms with Gasteiger partial charge < -0.3 is 15.6 Å². The first-order valence-electron chi connectivity index (χ1n) is 4.83. The van der Waals surface area contributed by atoms with Crippen LogP contribution >= 0.6 is 11.6 Å². The third-order valence-corrected chi connectivity index (χ3v) is 2.20. The number of rotatable bonds is 3. The van der Waals surface area contributed by atoms with Crippen LogP contribution in [0.1, 0.15) is 10.4 Å². The summed E-state index contributed by atoms with van der Waals surface area (Å²) in [4.78, 5) is 18.7. The molecule has 0 unspecified atom stereocenters. The molecule has 0 atom stereocenters. The van der Waals surface area contributed by atoms with Crippen molar-refractivity contribution >= 4 is 23.3 Å². The Bertz CT molecular complexity index is 604. The van der Waals surface area contributed by atoms with Crippen molar-refractivity contribution in [3.05, 3.63) is 41.3 Å². The summed E-state index contributed by atoms with van der Waals surface area (Å²) in [6, 6.07) is 2.76. The first kappa shape index (κ1) is 12.1. The third-order valence-electron chi connectivity index (χ3n) is 2.00. The van der Waals surface area contributed by atoms with Gasteiger partial charge in [-0.25, -0.2) is 9.78 Å². The molecule has 2 rings (SSSR count). The fraction of sp³-hybridized carbons (Fsp3) is 0. The Morgan fingerprint density at radius 1 is 1.33 bits per heavy atom. The Hall–Kier alpha value is -2.34. The SMILES string of the molecule is Nc1cnc(Oc2cncc(Cl)c2)c(C(=O)O)c1. The molecule has 0 aliphatic heterocycles. The van der Waals surface area contributed by atoms with Gasteiger partial charge in [-0.05, 0) is 6.07 Å². The van der Waals surface area contributed by atoms with Crippen molar-refractivity contribution in [3.8, 4) is 11.6 Å². The second kappa shape index (κ2) is 4.89. The Morgan fingerprint density at radius 2 is 2.11 bits per heavy atom. The number of carboxylic acids is 1. The smallest absolute Gasteiger partial charge is 0.341 e. The van der Waals surface area contributed by atoms with Crippen LogP contribution < -0.4 is 10.5 Å². The topological polar surface area (TPSA) is 98.3 Å². The molecular weight excluding hydrogens is 258 g/mol. The number of hydrogen-bond donors (Lipinski definition) is 2. The molecule has 0 aromatic carbocycles. The van der Waals surface area contributed by atoms with Gasteiger partial charge in [0.25, 0.3) is 0 Å². The summed E-state index contributed by atoms with van der Waals surface area (Å²) in [5.74, 6) is -0.956. The van der Waals surface area contributed by atoms with Crippen LogP contribution in [0.3, 0.4) is 0 Å². The molecule has 0 saturated carbocycles.